The molecule has 1 aromatic carbocycles. The second-order valence-electron chi connectivity index (χ2n) is 5.63. The molecule has 1 amide bonds. The van der Waals surface area contributed by atoms with Gasteiger partial charge in [-0.3, -0.25) is 5.32 Å². The van der Waals surface area contributed by atoms with E-state index in [-0.39, 0.29) is 18.9 Å². The molecule has 0 saturated carbocycles. The van der Waals surface area contributed by atoms with Gasteiger partial charge in [0.25, 0.3) is 0 Å². The van der Waals surface area contributed by atoms with E-state index in [9.17, 15) is 9.59 Å². The van der Waals surface area contributed by atoms with Gasteiger partial charge in [-0.05, 0) is 25.5 Å². The number of rotatable bonds is 5. The Morgan fingerprint density at radius 2 is 2.04 bits per heavy atom. The fourth-order valence-corrected chi connectivity index (χ4v) is 2.12. The van der Waals surface area contributed by atoms with Crippen LogP contribution in [-0.2, 0) is 30.3 Å². The Kier molecular flexibility index (Phi) is 5.94. The number of amides is 1. The molecule has 0 radical (unpaired) electrons. The van der Waals surface area contributed by atoms with Crippen LogP contribution in [0.5, 0.6) is 0 Å². The molecule has 1 aromatic rings. The highest BCUT2D eigenvalue weighted by Gasteiger charge is 2.32. The number of carbonyl (C=O) groups is 2. The second kappa shape index (κ2) is 7.94. The number of benzene rings is 1. The quantitative estimate of drug-likeness (QED) is 0.655. The molecule has 1 saturated heterocycles. The van der Waals surface area contributed by atoms with Gasteiger partial charge in [-0.15, -0.1) is 0 Å². The molecule has 24 heavy (non-hydrogen) atoms. The van der Waals surface area contributed by atoms with Crippen LogP contribution >= 0.6 is 0 Å². The van der Waals surface area contributed by atoms with Crippen molar-refractivity contribution >= 4 is 12.1 Å². The SMILES string of the molecule is COC(=O)/C(=C/[C@H]1COC(C)(C)O1)NC(=O)OCc1ccccc1. The van der Waals surface area contributed by atoms with E-state index in [2.05, 4.69) is 10.1 Å². The van der Waals surface area contributed by atoms with Gasteiger partial charge in [0.15, 0.2) is 5.79 Å². The standard InChI is InChI=1S/C17H21NO6/c1-17(2)23-11-13(24-17)9-14(15(19)21-3)18-16(20)22-10-12-7-5-4-6-8-12/h4-9,13H,10-11H2,1-3H3,(H,18,20)/b14-9-/t13-/m0/s1. The van der Waals surface area contributed by atoms with Gasteiger partial charge in [-0.2, -0.15) is 0 Å². The molecule has 0 aromatic heterocycles. The Hall–Kier alpha value is -2.38. The minimum atomic E-state index is -0.756. The molecule has 7 nitrogen and oxygen atoms in total. The van der Waals surface area contributed by atoms with Crippen molar-refractivity contribution in [2.45, 2.75) is 32.3 Å². The zero-order valence-electron chi connectivity index (χ0n) is 13.9. The number of alkyl carbamates (subject to hydrolysis) is 1. The van der Waals surface area contributed by atoms with Crippen LogP contribution in [0.4, 0.5) is 4.79 Å². The minimum Gasteiger partial charge on any atom is -0.464 e. The lowest BCUT2D eigenvalue weighted by molar-refractivity contribution is -0.138. The summed E-state index contributed by atoms with van der Waals surface area (Å²) in [5, 5.41) is 2.38. The fraction of sp³-hybridized carbons (Fsp3) is 0.412. The highest BCUT2D eigenvalue weighted by Crippen LogP contribution is 2.23. The number of ether oxygens (including phenoxy) is 4. The number of methoxy groups -OCH3 is 1. The number of hydrogen-bond donors (Lipinski definition) is 1. The van der Waals surface area contributed by atoms with Crippen LogP contribution in [0.1, 0.15) is 19.4 Å². The molecule has 2 rings (SSSR count). The Morgan fingerprint density at radius 1 is 1.33 bits per heavy atom. The zero-order valence-corrected chi connectivity index (χ0v) is 13.9. The van der Waals surface area contributed by atoms with Crippen molar-refractivity contribution in [3.05, 3.63) is 47.7 Å². The van der Waals surface area contributed by atoms with E-state index >= 15 is 0 Å². The van der Waals surface area contributed by atoms with Gasteiger partial charge in [0.1, 0.15) is 18.4 Å². The molecule has 1 fully saturated rings. The highest BCUT2D eigenvalue weighted by atomic mass is 16.7. The normalized spacial score (nSPS) is 19.6. The van der Waals surface area contributed by atoms with Crippen molar-refractivity contribution in [3.8, 4) is 0 Å². The van der Waals surface area contributed by atoms with Crippen LogP contribution in [0.2, 0.25) is 0 Å². The molecule has 0 unspecified atom stereocenters. The lowest BCUT2D eigenvalue weighted by Gasteiger charge is -2.16. The van der Waals surface area contributed by atoms with Crippen LogP contribution < -0.4 is 5.32 Å². The minimum absolute atomic E-state index is 0.0538. The van der Waals surface area contributed by atoms with Gasteiger partial charge >= 0.3 is 12.1 Å². The molecule has 1 N–H and O–H groups in total. The summed E-state index contributed by atoms with van der Waals surface area (Å²) in [6, 6.07) is 9.21. The second-order valence-corrected chi connectivity index (χ2v) is 5.63. The van der Waals surface area contributed by atoms with Crippen LogP contribution in [-0.4, -0.2) is 37.7 Å². The highest BCUT2D eigenvalue weighted by molar-refractivity contribution is 5.92. The number of hydrogen-bond acceptors (Lipinski definition) is 6. The molecule has 1 heterocycles. The smallest absolute Gasteiger partial charge is 0.412 e. The van der Waals surface area contributed by atoms with Crippen molar-refractivity contribution in [1.82, 2.24) is 5.32 Å². The first-order valence-electron chi connectivity index (χ1n) is 7.49. The van der Waals surface area contributed by atoms with Crippen molar-refractivity contribution < 1.29 is 28.5 Å². The lowest BCUT2D eigenvalue weighted by atomic mass is 10.2. The van der Waals surface area contributed by atoms with E-state index in [1.165, 1.54) is 13.2 Å². The third-order valence-electron chi connectivity index (χ3n) is 3.24. The zero-order chi connectivity index (χ0) is 17.6. The molecule has 1 atom stereocenters. The molecule has 7 heteroatoms. The maximum absolute atomic E-state index is 11.9. The third kappa shape index (κ3) is 5.36. The predicted octanol–water partition coefficient (Wildman–Crippen LogP) is 2.12. The summed E-state index contributed by atoms with van der Waals surface area (Å²) in [4.78, 5) is 23.7. The first-order chi connectivity index (χ1) is 11.4. The van der Waals surface area contributed by atoms with Gasteiger partial charge in [-0.1, -0.05) is 30.3 Å². The molecule has 0 aliphatic carbocycles. The van der Waals surface area contributed by atoms with E-state index in [0.29, 0.717) is 0 Å². The summed E-state index contributed by atoms with van der Waals surface area (Å²) in [7, 11) is 1.23. The largest absolute Gasteiger partial charge is 0.464 e. The molecule has 1 aliphatic heterocycles. The Labute approximate surface area is 140 Å². The maximum atomic E-state index is 11.9. The van der Waals surface area contributed by atoms with Gasteiger partial charge < -0.3 is 18.9 Å². The Bertz CT molecular complexity index is 611. The van der Waals surface area contributed by atoms with E-state index < -0.39 is 24.0 Å². The Balaban J connectivity index is 1.95. The van der Waals surface area contributed by atoms with Gasteiger partial charge in [-0.25, -0.2) is 9.59 Å². The van der Waals surface area contributed by atoms with Crippen LogP contribution in [0.25, 0.3) is 0 Å². The average Bonchev–Trinajstić information content (AvgIpc) is 2.91. The van der Waals surface area contributed by atoms with Crippen molar-refractivity contribution in [2.75, 3.05) is 13.7 Å². The Morgan fingerprint density at radius 3 is 2.62 bits per heavy atom. The van der Waals surface area contributed by atoms with Gasteiger partial charge in [0.2, 0.25) is 0 Å². The summed E-state index contributed by atoms with van der Waals surface area (Å²) in [6.45, 7) is 3.89. The van der Waals surface area contributed by atoms with Crippen molar-refractivity contribution in [2.24, 2.45) is 0 Å². The predicted molar refractivity (Wildman–Crippen MR) is 84.8 cm³/mol. The first-order valence-corrected chi connectivity index (χ1v) is 7.49. The summed E-state index contributed by atoms with van der Waals surface area (Å²) in [6.07, 6.45) is 0.224. The lowest BCUT2D eigenvalue weighted by Crippen LogP contribution is -2.30. The molecule has 0 bridgehead atoms. The first kappa shape index (κ1) is 18.0. The van der Waals surface area contributed by atoms with Crippen LogP contribution in [0, 0.1) is 0 Å². The monoisotopic (exact) mass is 335 g/mol. The van der Waals surface area contributed by atoms with Crippen LogP contribution in [0.3, 0.4) is 0 Å². The van der Waals surface area contributed by atoms with Crippen molar-refractivity contribution in [1.29, 1.82) is 0 Å². The van der Waals surface area contributed by atoms with E-state index in [1.54, 1.807) is 13.8 Å². The van der Waals surface area contributed by atoms with E-state index in [0.717, 1.165) is 5.56 Å². The molecular formula is C17H21NO6. The number of carbonyl (C=O) groups excluding carboxylic acids is 2. The molecular weight excluding hydrogens is 314 g/mol. The summed E-state index contributed by atoms with van der Waals surface area (Å²) >= 11 is 0. The number of esters is 1. The van der Waals surface area contributed by atoms with E-state index in [4.69, 9.17) is 14.2 Å². The summed E-state index contributed by atoms with van der Waals surface area (Å²) in [5.74, 6) is -1.43. The third-order valence-corrected chi connectivity index (χ3v) is 3.24. The topological polar surface area (TPSA) is 83.1 Å². The molecule has 130 valence electrons. The van der Waals surface area contributed by atoms with E-state index in [1.807, 2.05) is 30.3 Å². The van der Waals surface area contributed by atoms with Gasteiger partial charge in [0, 0.05) is 0 Å². The molecule has 0 spiro atoms. The summed E-state index contributed by atoms with van der Waals surface area (Å²) in [5.41, 5.74) is 0.785. The summed E-state index contributed by atoms with van der Waals surface area (Å²) < 4.78 is 20.8. The van der Waals surface area contributed by atoms with Crippen molar-refractivity contribution in [3.63, 3.8) is 0 Å². The maximum Gasteiger partial charge on any atom is 0.412 e. The van der Waals surface area contributed by atoms with Crippen LogP contribution in [0.15, 0.2) is 42.1 Å². The average molecular weight is 335 g/mol. The molecule has 1 aliphatic rings. The van der Waals surface area contributed by atoms with Gasteiger partial charge in [0.05, 0.1) is 13.7 Å². The number of nitrogens with one attached hydrogen (secondary N) is 1. The fourth-order valence-electron chi connectivity index (χ4n) is 2.12.